The lowest BCUT2D eigenvalue weighted by Gasteiger charge is -2.32. The van der Waals surface area contributed by atoms with E-state index in [0.717, 1.165) is 0 Å². The third-order valence-electron chi connectivity index (χ3n) is 4.63. The quantitative estimate of drug-likeness (QED) is 0.534. The molecule has 0 heterocycles. The van der Waals surface area contributed by atoms with Crippen LogP contribution in [0.25, 0.3) is 0 Å². The lowest BCUT2D eigenvalue weighted by molar-refractivity contribution is -0.146. The lowest BCUT2D eigenvalue weighted by atomic mass is 9.82. The predicted octanol–water partition coefficient (Wildman–Crippen LogP) is 3.21. The minimum Gasteiger partial charge on any atom is -0.497 e. The highest BCUT2D eigenvalue weighted by Gasteiger charge is 2.41. The fraction of sp³-hybridized carbons (Fsp3) is 0.400. The van der Waals surface area contributed by atoms with Crippen LogP contribution in [-0.2, 0) is 20.7 Å². The maximum atomic E-state index is 13.0. The molecule has 0 aliphatic heterocycles. The van der Waals surface area contributed by atoms with Gasteiger partial charge in [0.15, 0.2) is 0 Å². The second-order valence-electron chi connectivity index (χ2n) is 6.50. The molecular formula is C20H23Cl2NO5. The van der Waals surface area contributed by atoms with Gasteiger partial charge < -0.3 is 19.5 Å². The number of ether oxygens (including phenoxy) is 3. The summed E-state index contributed by atoms with van der Waals surface area (Å²) in [5.41, 5.74) is -0.396. The summed E-state index contributed by atoms with van der Waals surface area (Å²) < 4.78 is 15.4. The van der Waals surface area contributed by atoms with Gasteiger partial charge in [-0.15, -0.1) is 11.6 Å². The van der Waals surface area contributed by atoms with Crippen molar-refractivity contribution in [3.63, 3.8) is 0 Å². The molecule has 0 saturated heterocycles. The number of methoxy groups -OCH3 is 3. The van der Waals surface area contributed by atoms with Gasteiger partial charge in [0.1, 0.15) is 17.5 Å². The Bertz CT molecular complexity index is 808. The topological polar surface area (TPSA) is 73.9 Å². The van der Waals surface area contributed by atoms with Crippen molar-refractivity contribution in [3.8, 4) is 11.5 Å². The molecule has 1 aliphatic rings. The average molecular weight is 428 g/mol. The third kappa shape index (κ3) is 4.80. The molecule has 28 heavy (non-hydrogen) atoms. The highest BCUT2D eigenvalue weighted by atomic mass is 35.5. The first-order chi connectivity index (χ1) is 13.2. The van der Waals surface area contributed by atoms with Crippen LogP contribution in [0.1, 0.15) is 12.5 Å². The van der Waals surface area contributed by atoms with E-state index in [-0.39, 0.29) is 6.42 Å². The molecule has 8 heteroatoms. The van der Waals surface area contributed by atoms with Gasteiger partial charge in [-0.3, -0.25) is 4.79 Å². The summed E-state index contributed by atoms with van der Waals surface area (Å²) in [5.74, 6) is 0.137. The van der Waals surface area contributed by atoms with Crippen molar-refractivity contribution in [2.24, 2.45) is 5.41 Å². The minimum absolute atomic E-state index is 0.169. The molecule has 1 aromatic rings. The Hall–Kier alpha value is -2.18. The number of allylic oxidation sites excluding steroid dienone is 3. The SMILES string of the molecule is COC(=O)[C@H](Cc1ccc(OC)cc1OC)NC(=O)C1(C)C=C(Cl)C=CC1Cl. The number of hydrogen-bond acceptors (Lipinski definition) is 5. The van der Waals surface area contributed by atoms with E-state index < -0.39 is 28.7 Å². The van der Waals surface area contributed by atoms with Gasteiger partial charge in [0.2, 0.25) is 5.91 Å². The third-order valence-corrected chi connectivity index (χ3v) is 5.47. The minimum atomic E-state index is -1.11. The Morgan fingerprint density at radius 1 is 1.25 bits per heavy atom. The molecule has 1 N–H and O–H groups in total. The number of alkyl halides is 1. The summed E-state index contributed by atoms with van der Waals surface area (Å²) in [4.78, 5) is 25.3. The Labute approximate surface area is 174 Å². The van der Waals surface area contributed by atoms with Crippen molar-refractivity contribution in [3.05, 3.63) is 47.0 Å². The van der Waals surface area contributed by atoms with E-state index in [1.54, 1.807) is 50.5 Å². The number of hydrogen-bond donors (Lipinski definition) is 1. The van der Waals surface area contributed by atoms with E-state index in [1.165, 1.54) is 14.2 Å². The number of amides is 1. The van der Waals surface area contributed by atoms with Crippen molar-refractivity contribution in [2.75, 3.05) is 21.3 Å². The fourth-order valence-electron chi connectivity index (χ4n) is 2.87. The molecule has 1 amide bonds. The number of carbonyl (C=O) groups is 2. The molecule has 0 bridgehead atoms. The second kappa shape index (κ2) is 9.34. The zero-order valence-electron chi connectivity index (χ0n) is 16.1. The summed E-state index contributed by atoms with van der Waals surface area (Å²) in [6.45, 7) is 1.66. The van der Waals surface area contributed by atoms with Gasteiger partial charge in [-0.05, 0) is 30.7 Å². The molecule has 0 saturated carbocycles. The molecule has 0 fully saturated rings. The number of esters is 1. The van der Waals surface area contributed by atoms with Gasteiger partial charge in [-0.1, -0.05) is 23.7 Å². The van der Waals surface area contributed by atoms with Crippen LogP contribution in [0.15, 0.2) is 41.5 Å². The molecule has 1 aromatic carbocycles. The highest BCUT2D eigenvalue weighted by molar-refractivity contribution is 6.32. The van der Waals surface area contributed by atoms with Crippen LogP contribution in [0.5, 0.6) is 11.5 Å². The first-order valence-electron chi connectivity index (χ1n) is 8.55. The molecule has 0 spiro atoms. The maximum absolute atomic E-state index is 13.0. The van der Waals surface area contributed by atoms with Crippen LogP contribution in [0.3, 0.4) is 0 Å². The van der Waals surface area contributed by atoms with Crippen molar-refractivity contribution < 1.29 is 23.8 Å². The summed E-state index contributed by atoms with van der Waals surface area (Å²) in [5, 5.41) is 2.53. The Morgan fingerprint density at radius 2 is 1.96 bits per heavy atom. The van der Waals surface area contributed by atoms with E-state index in [2.05, 4.69) is 5.32 Å². The summed E-state index contributed by atoms with van der Waals surface area (Å²) in [6.07, 6.45) is 5.02. The normalized spacial score (nSPS) is 22.1. The highest BCUT2D eigenvalue weighted by Crippen LogP contribution is 2.35. The Balaban J connectivity index is 2.27. The Morgan fingerprint density at radius 3 is 2.57 bits per heavy atom. The van der Waals surface area contributed by atoms with Gasteiger partial charge in [0.25, 0.3) is 0 Å². The predicted molar refractivity (Wildman–Crippen MR) is 108 cm³/mol. The molecule has 0 aromatic heterocycles. The van der Waals surface area contributed by atoms with E-state index in [4.69, 9.17) is 37.4 Å². The van der Waals surface area contributed by atoms with E-state index >= 15 is 0 Å². The van der Waals surface area contributed by atoms with Crippen LogP contribution in [0.4, 0.5) is 0 Å². The summed E-state index contributed by atoms with van der Waals surface area (Å²) in [6, 6.07) is 4.29. The van der Waals surface area contributed by atoms with Crippen LogP contribution >= 0.6 is 23.2 Å². The number of rotatable bonds is 7. The molecule has 3 atom stereocenters. The first kappa shape index (κ1) is 22.1. The molecule has 1 aliphatic carbocycles. The summed E-state index contributed by atoms with van der Waals surface area (Å²) >= 11 is 12.4. The molecular weight excluding hydrogens is 405 g/mol. The largest absolute Gasteiger partial charge is 0.497 e. The molecule has 6 nitrogen and oxygen atoms in total. The van der Waals surface area contributed by atoms with Crippen molar-refractivity contribution in [2.45, 2.75) is 24.8 Å². The van der Waals surface area contributed by atoms with E-state index in [1.807, 2.05) is 0 Å². The lowest BCUT2D eigenvalue weighted by Crippen LogP contribution is -2.51. The van der Waals surface area contributed by atoms with Crippen molar-refractivity contribution in [1.82, 2.24) is 5.32 Å². The number of carbonyl (C=O) groups excluding carboxylic acids is 2. The van der Waals surface area contributed by atoms with Gasteiger partial charge in [0, 0.05) is 17.5 Å². The number of halogens is 2. The molecule has 0 radical (unpaired) electrons. The van der Waals surface area contributed by atoms with Crippen LogP contribution in [0, 0.1) is 5.41 Å². The Kier molecular flexibility index (Phi) is 7.38. The van der Waals surface area contributed by atoms with Gasteiger partial charge >= 0.3 is 5.97 Å². The van der Waals surface area contributed by atoms with Crippen molar-refractivity contribution >= 4 is 35.1 Å². The van der Waals surface area contributed by atoms with Gasteiger partial charge in [-0.25, -0.2) is 4.79 Å². The zero-order chi connectivity index (χ0) is 20.9. The standard InChI is InChI=1S/C20H23Cl2NO5/c1-20(11-13(21)6-8-17(20)22)19(25)23-15(18(24)28-4)9-12-5-7-14(26-2)10-16(12)27-3/h5-8,10-11,15,17H,9H2,1-4H3,(H,23,25)/t15-,17?,20?/m0/s1. The van der Waals surface area contributed by atoms with Gasteiger partial charge in [-0.2, -0.15) is 0 Å². The molecule has 2 rings (SSSR count). The van der Waals surface area contributed by atoms with E-state index in [0.29, 0.717) is 22.1 Å². The number of nitrogens with one attached hydrogen (secondary N) is 1. The molecule has 152 valence electrons. The maximum Gasteiger partial charge on any atom is 0.328 e. The number of benzene rings is 1. The smallest absolute Gasteiger partial charge is 0.328 e. The second-order valence-corrected chi connectivity index (χ2v) is 7.41. The fourth-order valence-corrected chi connectivity index (χ4v) is 3.41. The first-order valence-corrected chi connectivity index (χ1v) is 9.37. The van der Waals surface area contributed by atoms with Gasteiger partial charge in [0.05, 0.1) is 32.1 Å². The van der Waals surface area contributed by atoms with Crippen LogP contribution < -0.4 is 14.8 Å². The van der Waals surface area contributed by atoms with Crippen molar-refractivity contribution in [1.29, 1.82) is 0 Å². The average Bonchev–Trinajstić information content (AvgIpc) is 2.69. The summed E-state index contributed by atoms with van der Waals surface area (Å²) in [7, 11) is 4.33. The van der Waals surface area contributed by atoms with Crippen LogP contribution in [0.2, 0.25) is 0 Å². The monoisotopic (exact) mass is 427 g/mol. The molecule has 2 unspecified atom stereocenters. The van der Waals surface area contributed by atoms with Crippen LogP contribution in [-0.4, -0.2) is 44.6 Å². The zero-order valence-corrected chi connectivity index (χ0v) is 17.6. The van der Waals surface area contributed by atoms with E-state index in [9.17, 15) is 9.59 Å².